The summed E-state index contributed by atoms with van der Waals surface area (Å²) in [5.74, 6) is 0.867. The van der Waals surface area contributed by atoms with Gasteiger partial charge in [-0.3, -0.25) is 4.99 Å². The maximum atomic E-state index is 4.21. The summed E-state index contributed by atoms with van der Waals surface area (Å²) in [5, 5.41) is 6.62. The molecule has 100 valence electrons. The zero-order chi connectivity index (χ0) is 13.2. The van der Waals surface area contributed by atoms with E-state index in [1.165, 1.54) is 24.8 Å². The van der Waals surface area contributed by atoms with Crippen molar-refractivity contribution in [1.29, 1.82) is 0 Å². The first-order valence-electron chi connectivity index (χ1n) is 6.45. The van der Waals surface area contributed by atoms with Crippen LogP contribution in [0, 0.1) is 0 Å². The van der Waals surface area contributed by atoms with E-state index in [4.69, 9.17) is 0 Å². The minimum absolute atomic E-state index is 0.785. The number of guanidine groups is 1. The highest BCUT2D eigenvalue weighted by molar-refractivity contribution is 9.10. The van der Waals surface area contributed by atoms with Gasteiger partial charge in [0, 0.05) is 24.6 Å². The molecule has 1 aromatic carbocycles. The average Bonchev–Trinajstić information content (AvgIpc) is 2.38. The maximum absolute atomic E-state index is 4.21. The van der Waals surface area contributed by atoms with Gasteiger partial charge in [0.05, 0.1) is 0 Å². The van der Waals surface area contributed by atoms with Gasteiger partial charge < -0.3 is 10.6 Å². The molecule has 0 saturated heterocycles. The zero-order valence-electron chi connectivity index (χ0n) is 11.2. The first kappa shape index (κ1) is 15.0. The van der Waals surface area contributed by atoms with Crippen LogP contribution in [-0.4, -0.2) is 19.6 Å². The molecular formula is C14H22BrN3. The molecule has 0 unspecified atom stereocenters. The lowest BCUT2D eigenvalue weighted by Crippen LogP contribution is -2.37. The predicted molar refractivity (Wildman–Crippen MR) is 81.9 cm³/mol. The van der Waals surface area contributed by atoms with E-state index in [1.807, 2.05) is 12.1 Å². The highest BCUT2D eigenvalue weighted by atomic mass is 79.9. The highest BCUT2D eigenvalue weighted by Gasteiger charge is 1.98. The second-order valence-electron chi connectivity index (χ2n) is 4.19. The van der Waals surface area contributed by atoms with Gasteiger partial charge in [-0.2, -0.15) is 0 Å². The van der Waals surface area contributed by atoms with E-state index in [-0.39, 0.29) is 0 Å². The van der Waals surface area contributed by atoms with Crippen molar-refractivity contribution in [3.8, 4) is 0 Å². The molecule has 4 heteroatoms. The Morgan fingerprint density at radius 2 is 2.11 bits per heavy atom. The summed E-state index contributed by atoms with van der Waals surface area (Å²) in [6.45, 7) is 3.97. The average molecular weight is 312 g/mol. The van der Waals surface area contributed by atoms with Gasteiger partial charge in [0.2, 0.25) is 0 Å². The lowest BCUT2D eigenvalue weighted by atomic mass is 10.2. The Balaban J connectivity index is 2.31. The molecular weight excluding hydrogens is 290 g/mol. The molecule has 1 rings (SSSR count). The van der Waals surface area contributed by atoms with E-state index in [9.17, 15) is 0 Å². The van der Waals surface area contributed by atoms with Crippen LogP contribution in [0.2, 0.25) is 0 Å². The van der Waals surface area contributed by atoms with Gasteiger partial charge in [-0.15, -0.1) is 0 Å². The predicted octanol–water partition coefficient (Wildman–Crippen LogP) is 3.30. The highest BCUT2D eigenvalue weighted by Crippen LogP contribution is 2.11. The second-order valence-corrected chi connectivity index (χ2v) is 5.11. The first-order valence-corrected chi connectivity index (χ1v) is 7.24. The fraction of sp³-hybridized carbons (Fsp3) is 0.500. The van der Waals surface area contributed by atoms with Crippen molar-refractivity contribution in [1.82, 2.24) is 10.6 Å². The van der Waals surface area contributed by atoms with Crippen LogP contribution in [0.5, 0.6) is 0 Å². The third kappa shape index (κ3) is 6.05. The monoisotopic (exact) mass is 311 g/mol. The fourth-order valence-corrected chi connectivity index (χ4v) is 2.08. The molecule has 2 N–H and O–H groups in total. The molecule has 0 aromatic heterocycles. The molecule has 0 amide bonds. The van der Waals surface area contributed by atoms with Crippen LogP contribution >= 0.6 is 15.9 Å². The number of aliphatic imine (C=N–C) groups is 1. The molecule has 0 fully saturated rings. The number of hydrogen-bond donors (Lipinski definition) is 2. The molecule has 0 aliphatic rings. The molecule has 0 heterocycles. The molecule has 0 saturated carbocycles. The molecule has 18 heavy (non-hydrogen) atoms. The summed E-state index contributed by atoms with van der Waals surface area (Å²) in [5.41, 5.74) is 1.24. The quantitative estimate of drug-likeness (QED) is 0.480. The Morgan fingerprint density at radius 3 is 2.78 bits per heavy atom. The molecule has 0 radical (unpaired) electrons. The minimum atomic E-state index is 0.785. The Kier molecular flexibility index (Phi) is 7.49. The number of benzene rings is 1. The topological polar surface area (TPSA) is 36.4 Å². The summed E-state index contributed by atoms with van der Waals surface area (Å²) in [6.07, 6.45) is 3.69. The van der Waals surface area contributed by atoms with Crippen LogP contribution in [0.4, 0.5) is 0 Å². The first-order chi connectivity index (χ1) is 8.76. The van der Waals surface area contributed by atoms with Gasteiger partial charge in [0.1, 0.15) is 0 Å². The SMILES string of the molecule is CCCCCNC(=NC)NCc1cccc(Br)c1. The molecule has 0 aliphatic carbocycles. The smallest absolute Gasteiger partial charge is 0.191 e. The molecule has 0 bridgehead atoms. The van der Waals surface area contributed by atoms with Gasteiger partial charge >= 0.3 is 0 Å². The van der Waals surface area contributed by atoms with Gasteiger partial charge in [-0.1, -0.05) is 47.8 Å². The minimum Gasteiger partial charge on any atom is -0.356 e. The van der Waals surface area contributed by atoms with Crippen molar-refractivity contribution >= 4 is 21.9 Å². The lowest BCUT2D eigenvalue weighted by molar-refractivity contribution is 0.683. The van der Waals surface area contributed by atoms with E-state index >= 15 is 0 Å². The molecule has 3 nitrogen and oxygen atoms in total. The third-order valence-electron chi connectivity index (χ3n) is 2.65. The van der Waals surface area contributed by atoms with Crippen LogP contribution < -0.4 is 10.6 Å². The van der Waals surface area contributed by atoms with E-state index < -0.39 is 0 Å². The standard InChI is InChI=1S/C14H22BrN3/c1-3-4-5-9-17-14(16-2)18-11-12-7-6-8-13(15)10-12/h6-8,10H,3-5,9,11H2,1-2H3,(H2,16,17,18). The van der Waals surface area contributed by atoms with Gasteiger partial charge in [0.25, 0.3) is 0 Å². The van der Waals surface area contributed by atoms with E-state index in [0.29, 0.717) is 0 Å². The summed E-state index contributed by atoms with van der Waals surface area (Å²) >= 11 is 3.47. The zero-order valence-corrected chi connectivity index (χ0v) is 12.8. The maximum Gasteiger partial charge on any atom is 0.191 e. The Hall–Kier alpha value is -1.03. The number of rotatable bonds is 6. The van der Waals surface area contributed by atoms with Crippen LogP contribution in [-0.2, 0) is 6.54 Å². The van der Waals surface area contributed by atoms with Gasteiger partial charge in [-0.25, -0.2) is 0 Å². The van der Waals surface area contributed by atoms with Gasteiger partial charge in [0.15, 0.2) is 5.96 Å². The van der Waals surface area contributed by atoms with Crippen LogP contribution in [0.1, 0.15) is 31.7 Å². The van der Waals surface area contributed by atoms with Gasteiger partial charge in [-0.05, 0) is 24.1 Å². The van der Waals surface area contributed by atoms with Crippen LogP contribution in [0.25, 0.3) is 0 Å². The van der Waals surface area contributed by atoms with Crippen LogP contribution in [0.3, 0.4) is 0 Å². The summed E-state index contributed by atoms with van der Waals surface area (Å²) in [6, 6.07) is 8.28. The molecule has 0 aliphatic heterocycles. The Morgan fingerprint density at radius 1 is 1.28 bits per heavy atom. The van der Waals surface area contributed by atoms with Crippen molar-refractivity contribution in [2.45, 2.75) is 32.7 Å². The largest absolute Gasteiger partial charge is 0.356 e. The normalized spacial score (nSPS) is 11.4. The Bertz CT molecular complexity index is 377. The van der Waals surface area contributed by atoms with E-state index in [0.717, 1.165) is 23.5 Å². The van der Waals surface area contributed by atoms with Crippen molar-refractivity contribution in [2.24, 2.45) is 4.99 Å². The second kappa shape index (κ2) is 8.97. The van der Waals surface area contributed by atoms with Crippen molar-refractivity contribution in [3.05, 3.63) is 34.3 Å². The number of hydrogen-bond acceptors (Lipinski definition) is 1. The number of unbranched alkanes of at least 4 members (excludes halogenated alkanes) is 2. The molecule has 0 atom stereocenters. The summed E-state index contributed by atoms with van der Waals surface area (Å²) in [4.78, 5) is 4.21. The number of nitrogens with zero attached hydrogens (tertiary/aromatic N) is 1. The number of halogens is 1. The Labute approximate surface area is 118 Å². The van der Waals surface area contributed by atoms with Crippen molar-refractivity contribution < 1.29 is 0 Å². The number of nitrogens with one attached hydrogen (secondary N) is 2. The summed E-state index contributed by atoms with van der Waals surface area (Å²) in [7, 11) is 1.80. The lowest BCUT2D eigenvalue weighted by Gasteiger charge is -2.11. The molecule has 0 spiro atoms. The van der Waals surface area contributed by atoms with E-state index in [1.54, 1.807) is 7.05 Å². The van der Waals surface area contributed by atoms with Crippen molar-refractivity contribution in [3.63, 3.8) is 0 Å². The van der Waals surface area contributed by atoms with E-state index in [2.05, 4.69) is 50.6 Å². The van der Waals surface area contributed by atoms with Crippen LogP contribution in [0.15, 0.2) is 33.7 Å². The third-order valence-corrected chi connectivity index (χ3v) is 3.14. The van der Waals surface area contributed by atoms with Crippen molar-refractivity contribution in [2.75, 3.05) is 13.6 Å². The molecule has 1 aromatic rings. The summed E-state index contributed by atoms with van der Waals surface area (Å²) < 4.78 is 1.10. The fourth-order valence-electron chi connectivity index (χ4n) is 1.64.